The zero-order chi connectivity index (χ0) is 19.3. The van der Waals surface area contributed by atoms with E-state index in [9.17, 15) is 0 Å². The Morgan fingerprint density at radius 1 is 1.14 bits per heavy atom. The molecule has 2 aromatic rings. The molecule has 2 fully saturated rings. The monoisotopic (exact) mass is 377 g/mol. The van der Waals surface area contributed by atoms with Crippen LogP contribution in [0.15, 0.2) is 35.6 Å². The van der Waals surface area contributed by atoms with Crippen molar-refractivity contribution in [3.8, 4) is 5.75 Å². The summed E-state index contributed by atoms with van der Waals surface area (Å²) in [5.41, 5.74) is 4.23. The van der Waals surface area contributed by atoms with E-state index in [1.807, 2.05) is 0 Å². The zero-order valence-electron chi connectivity index (χ0n) is 16.9. The van der Waals surface area contributed by atoms with Crippen LogP contribution < -0.4 is 9.64 Å². The normalized spacial score (nSPS) is 23.3. The molecule has 1 saturated carbocycles. The number of aliphatic imine (C=N–C) groups is 1. The molecule has 6 heteroatoms. The van der Waals surface area contributed by atoms with Gasteiger partial charge in [0.15, 0.2) is 0 Å². The predicted molar refractivity (Wildman–Crippen MR) is 110 cm³/mol. The highest BCUT2D eigenvalue weighted by Crippen LogP contribution is 2.40. The Labute approximate surface area is 166 Å². The second-order valence-electron chi connectivity index (χ2n) is 8.60. The number of hydrogen-bond donors (Lipinski definition) is 0. The molecule has 1 aliphatic carbocycles. The molecule has 0 amide bonds. The van der Waals surface area contributed by atoms with Crippen LogP contribution in [0.1, 0.15) is 43.5 Å². The molecule has 1 unspecified atom stereocenters. The summed E-state index contributed by atoms with van der Waals surface area (Å²) < 4.78 is 6.16. The van der Waals surface area contributed by atoms with Crippen LogP contribution in [0.2, 0.25) is 0 Å². The van der Waals surface area contributed by atoms with E-state index in [0.717, 1.165) is 61.0 Å². The Balaban J connectivity index is 1.43. The fraction of sp³-hybridized carbons (Fsp3) is 0.500. The largest absolute Gasteiger partial charge is 0.488 e. The van der Waals surface area contributed by atoms with Crippen molar-refractivity contribution in [3.05, 3.63) is 47.4 Å². The molecule has 1 aromatic carbocycles. The minimum atomic E-state index is 0.0177. The third kappa shape index (κ3) is 3.26. The molecule has 0 bridgehead atoms. The smallest absolute Gasteiger partial charge is 0.132 e. The van der Waals surface area contributed by atoms with Gasteiger partial charge in [-0.25, -0.2) is 9.97 Å². The predicted octanol–water partition coefficient (Wildman–Crippen LogP) is 2.90. The summed E-state index contributed by atoms with van der Waals surface area (Å²) in [5, 5.41) is 0. The molecular weight excluding hydrogens is 350 g/mol. The van der Waals surface area contributed by atoms with E-state index in [1.165, 1.54) is 5.56 Å². The zero-order valence-corrected chi connectivity index (χ0v) is 16.9. The van der Waals surface area contributed by atoms with E-state index in [0.29, 0.717) is 12.6 Å². The highest BCUT2D eigenvalue weighted by Gasteiger charge is 2.40. The van der Waals surface area contributed by atoms with Gasteiger partial charge < -0.3 is 14.5 Å². The fourth-order valence-electron chi connectivity index (χ4n) is 4.12. The van der Waals surface area contributed by atoms with Crippen LogP contribution in [0.5, 0.6) is 5.75 Å². The van der Waals surface area contributed by atoms with Crippen molar-refractivity contribution in [2.24, 2.45) is 4.99 Å². The molecule has 3 aliphatic rings. The van der Waals surface area contributed by atoms with Gasteiger partial charge in [0, 0.05) is 37.3 Å². The third-order valence-corrected chi connectivity index (χ3v) is 6.08. The fourth-order valence-corrected chi connectivity index (χ4v) is 4.12. The van der Waals surface area contributed by atoms with E-state index in [4.69, 9.17) is 9.73 Å². The molecule has 6 nitrogen and oxygen atoms in total. The van der Waals surface area contributed by atoms with Gasteiger partial charge in [0.2, 0.25) is 0 Å². The maximum atomic E-state index is 6.16. The Morgan fingerprint density at radius 3 is 2.79 bits per heavy atom. The molecule has 1 atom stereocenters. The molecule has 0 spiro atoms. The number of hydrogen-bond acceptors (Lipinski definition) is 6. The summed E-state index contributed by atoms with van der Waals surface area (Å²) in [7, 11) is 2.17. The van der Waals surface area contributed by atoms with Gasteiger partial charge in [0.1, 0.15) is 23.5 Å². The van der Waals surface area contributed by atoms with E-state index >= 15 is 0 Å². The van der Waals surface area contributed by atoms with Crippen LogP contribution in [0.4, 0.5) is 5.82 Å². The maximum Gasteiger partial charge on any atom is 0.132 e. The van der Waals surface area contributed by atoms with Crippen LogP contribution in [-0.4, -0.2) is 58.9 Å². The molecule has 1 saturated heterocycles. The molecule has 28 heavy (non-hydrogen) atoms. The minimum Gasteiger partial charge on any atom is -0.488 e. The lowest BCUT2D eigenvalue weighted by Crippen LogP contribution is -2.50. The maximum absolute atomic E-state index is 6.16. The Morgan fingerprint density at radius 2 is 2.00 bits per heavy atom. The van der Waals surface area contributed by atoms with Crippen molar-refractivity contribution in [2.45, 2.75) is 44.9 Å². The van der Waals surface area contributed by atoms with E-state index in [-0.39, 0.29) is 5.60 Å². The van der Waals surface area contributed by atoms with Gasteiger partial charge in [0.05, 0.1) is 18.0 Å². The summed E-state index contributed by atoms with van der Waals surface area (Å²) in [4.78, 5) is 18.6. The van der Waals surface area contributed by atoms with Crippen molar-refractivity contribution in [3.63, 3.8) is 0 Å². The third-order valence-electron chi connectivity index (χ3n) is 6.08. The topological polar surface area (TPSA) is 53.9 Å². The van der Waals surface area contributed by atoms with E-state index < -0.39 is 0 Å². The minimum absolute atomic E-state index is 0.0177. The van der Waals surface area contributed by atoms with Crippen LogP contribution in [0.25, 0.3) is 0 Å². The molecule has 0 N–H and O–H groups in total. The van der Waals surface area contributed by atoms with Crippen molar-refractivity contribution >= 4 is 11.5 Å². The summed E-state index contributed by atoms with van der Waals surface area (Å²) >= 11 is 0. The van der Waals surface area contributed by atoms with Crippen LogP contribution in [0, 0.1) is 0 Å². The number of nitrogens with zero attached hydrogens (tertiary/aromatic N) is 5. The Hall–Kier alpha value is -2.47. The second-order valence-corrected chi connectivity index (χ2v) is 8.60. The number of benzene rings is 1. The first-order chi connectivity index (χ1) is 13.5. The van der Waals surface area contributed by atoms with E-state index in [1.54, 1.807) is 6.33 Å². The van der Waals surface area contributed by atoms with Crippen LogP contribution in [-0.2, 0) is 6.54 Å². The van der Waals surface area contributed by atoms with Gasteiger partial charge in [-0.3, -0.25) is 4.99 Å². The van der Waals surface area contributed by atoms with Crippen molar-refractivity contribution in [1.29, 1.82) is 0 Å². The number of likely N-dealkylation sites (N-methyl/N-ethyl adjacent to an activating group) is 1. The summed E-state index contributed by atoms with van der Waals surface area (Å²) in [6.07, 6.45) is 3.93. The number of ether oxygens (including phenoxy) is 1. The summed E-state index contributed by atoms with van der Waals surface area (Å²) in [6, 6.07) is 8.85. The Bertz CT molecular complexity index is 936. The van der Waals surface area contributed by atoms with Crippen molar-refractivity contribution < 1.29 is 4.74 Å². The first kappa shape index (κ1) is 17.6. The highest BCUT2D eigenvalue weighted by molar-refractivity contribution is 6.14. The highest BCUT2D eigenvalue weighted by atomic mass is 16.5. The number of aromatic nitrogens is 2. The lowest BCUT2D eigenvalue weighted by Gasteiger charge is -2.39. The number of fused-ring (bicyclic) bond motifs is 1. The first-order valence-electron chi connectivity index (χ1n) is 10.2. The average molecular weight is 377 g/mol. The molecule has 5 rings (SSSR count). The Kier molecular flexibility index (Phi) is 4.12. The van der Waals surface area contributed by atoms with Crippen molar-refractivity contribution in [2.75, 3.05) is 31.6 Å². The first-order valence-corrected chi connectivity index (χ1v) is 10.2. The van der Waals surface area contributed by atoms with E-state index in [2.05, 4.69) is 64.9 Å². The molecule has 2 aliphatic heterocycles. The summed E-state index contributed by atoms with van der Waals surface area (Å²) in [5.74, 6) is 1.91. The average Bonchev–Trinajstić information content (AvgIpc) is 3.25. The molecule has 1 aromatic heterocycles. The van der Waals surface area contributed by atoms with Gasteiger partial charge in [-0.2, -0.15) is 0 Å². The summed E-state index contributed by atoms with van der Waals surface area (Å²) in [6.45, 7) is 8.20. The van der Waals surface area contributed by atoms with Gasteiger partial charge >= 0.3 is 0 Å². The van der Waals surface area contributed by atoms with Gasteiger partial charge in [-0.05, 0) is 51.4 Å². The molecule has 146 valence electrons. The SMILES string of the molecule is CC1CN(C)CCN1c1cc(C2=NCc3ccc(OC4(C)CC4)cc32)ncn1. The standard InChI is InChI=1S/C22H27N5O/c1-15-13-26(3)8-9-27(15)20-11-19(24-14-25-20)21-18-10-17(28-22(2)6-7-22)5-4-16(18)12-23-21/h4-5,10-11,14-15H,6-9,12-13H2,1-3H3. The molecular formula is C22H27N5O. The van der Waals surface area contributed by atoms with Gasteiger partial charge in [-0.15, -0.1) is 0 Å². The molecule has 0 radical (unpaired) electrons. The molecule has 3 heterocycles. The van der Waals surface area contributed by atoms with Gasteiger partial charge in [-0.1, -0.05) is 6.07 Å². The lowest BCUT2D eigenvalue weighted by molar-refractivity contribution is 0.200. The lowest BCUT2D eigenvalue weighted by atomic mass is 10.0. The number of piperazine rings is 1. The number of rotatable bonds is 4. The van der Waals surface area contributed by atoms with Gasteiger partial charge in [0.25, 0.3) is 0 Å². The van der Waals surface area contributed by atoms with Crippen LogP contribution >= 0.6 is 0 Å². The number of anilines is 1. The quantitative estimate of drug-likeness (QED) is 0.820. The second kappa shape index (κ2) is 6.55. The van der Waals surface area contributed by atoms with Crippen LogP contribution in [0.3, 0.4) is 0 Å². The van der Waals surface area contributed by atoms with Crippen molar-refractivity contribution in [1.82, 2.24) is 14.9 Å².